The van der Waals surface area contributed by atoms with Crippen molar-refractivity contribution < 1.29 is 8.42 Å². The molecule has 0 amide bonds. The lowest BCUT2D eigenvalue weighted by molar-refractivity contribution is 0.590. The molecule has 1 aromatic carbocycles. The number of hydrogen-bond acceptors (Lipinski definition) is 4. The van der Waals surface area contributed by atoms with Crippen molar-refractivity contribution in [1.29, 1.82) is 0 Å². The predicted molar refractivity (Wildman–Crippen MR) is 88.8 cm³/mol. The third-order valence-corrected chi connectivity index (χ3v) is 4.99. The van der Waals surface area contributed by atoms with Crippen molar-refractivity contribution in [3.8, 4) is 0 Å². The van der Waals surface area contributed by atoms with Crippen LogP contribution >= 0.6 is 0 Å². The molecule has 0 aliphatic rings. The van der Waals surface area contributed by atoms with Gasteiger partial charge in [-0.15, -0.1) is 0 Å². The average molecular weight is 333 g/mol. The number of H-pyrrole nitrogens is 1. The van der Waals surface area contributed by atoms with Gasteiger partial charge < -0.3 is 0 Å². The number of nitrogens with zero attached hydrogens (tertiary/aromatic N) is 3. The van der Waals surface area contributed by atoms with Crippen molar-refractivity contribution in [3.05, 3.63) is 36.2 Å². The predicted octanol–water partition coefficient (Wildman–Crippen LogP) is 2.39. The van der Waals surface area contributed by atoms with E-state index >= 15 is 0 Å². The van der Waals surface area contributed by atoms with Crippen LogP contribution in [0.3, 0.4) is 0 Å². The zero-order chi connectivity index (χ0) is 16.8. The average Bonchev–Trinajstić information content (AvgIpc) is 3.07. The summed E-state index contributed by atoms with van der Waals surface area (Å²) in [5.74, 6) is 0.315. The Kier molecular flexibility index (Phi) is 3.44. The minimum Gasteiger partial charge on any atom is -0.284 e. The summed E-state index contributed by atoms with van der Waals surface area (Å²) in [5.41, 5.74) is 1.96. The summed E-state index contributed by atoms with van der Waals surface area (Å²) in [7, 11) is -1.90. The number of benzene rings is 1. The standard InChI is InChI=1S/C15H19N5O2S/c1-15(2,3)12-7-5-6-11-13(12)20(4)18-14(11)19-23(21,22)10-8-16-17-9-10/h5-9H,1-4H3,(H,16,17)(H,18,19). The van der Waals surface area contributed by atoms with E-state index in [9.17, 15) is 8.42 Å². The molecule has 2 heterocycles. The molecular formula is C15H19N5O2S. The Hall–Kier alpha value is -2.35. The number of aromatic nitrogens is 4. The quantitative estimate of drug-likeness (QED) is 0.770. The highest BCUT2D eigenvalue weighted by Crippen LogP contribution is 2.33. The van der Waals surface area contributed by atoms with Gasteiger partial charge >= 0.3 is 0 Å². The Morgan fingerprint density at radius 2 is 2.00 bits per heavy atom. The first-order chi connectivity index (χ1) is 10.7. The van der Waals surface area contributed by atoms with E-state index < -0.39 is 10.0 Å². The summed E-state index contributed by atoms with van der Waals surface area (Å²) in [6, 6.07) is 5.82. The summed E-state index contributed by atoms with van der Waals surface area (Å²) in [5, 5.41) is 11.3. The lowest BCUT2D eigenvalue weighted by Crippen LogP contribution is -2.13. The molecule has 0 spiro atoms. The maximum atomic E-state index is 12.4. The Bertz CT molecular complexity index is 950. The van der Waals surface area contributed by atoms with Crippen LogP contribution < -0.4 is 4.72 Å². The second-order valence-corrected chi connectivity index (χ2v) is 8.15. The van der Waals surface area contributed by atoms with Gasteiger partial charge in [0.15, 0.2) is 5.82 Å². The van der Waals surface area contributed by atoms with E-state index in [0.717, 1.165) is 16.5 Å². The van der Waals surface area contributed by atoms with Crippen LogP contribution in [-0.2, 0) is 22.5 Å². The van der Waals surface area contributed by atoms with Gasteiger partial charge in [0.1, 0.15) is 4.90 Å². The molecule has 0 unspecified atom stereocenters. The molecule has 0 bridgehead atoms. The first-order valence-electron chi connectivity index (χ1n) is 7.18. The molecule has 122 valence electrons. The molecule has 0 fully saturated rings. The summed E-state index contributed by atoms with van der Waals surface area (Å²) in [6.45, 7) is 6.35. The smallest absolute Gasteiger partial charge is 0.266 e. The van der Waals surface area contributed by atoms with Crippen LogP contribution in [0.1, 0.15) is 26.3 Å². The molecule has 0 atom stereocenters. The number of aromatic amines is 1. The largest absolute Gasteiger partial charge is 0.284 e. The molecule has 0 saturated carbocycles. The van der Waals surface area contributed by atoms with E-state index in [1.54, 1.807) is 4.68 Å². The third kappa shape index (κ3) is 2.70. The van der Waals surface area contributed by atoms with Crippen LogP contribution in [0.15, 0.2) is 35.5 Å². The van der Waals surface area contributed by atoms with Gasteiger partial charge in [-0.3, -0.25) is 14.5 Å². The van der Waals surface area contributed by atoms with Crippen LogP contribution in [0, 0.1) is 0 Å². The third-order valence-electron chi connectivity index (χ3n) is 3.69. The second-order valence-electron chi connectivity index (χ2n) is 6.46. The van der Waals surface area contributed by atoms with Gasteiger partial charge in [-0.2, -0.15) is 10.2 Å². The van der Waals surface area contributed by atoms with Gasteiger partial charge in [0.05, 0.1) is 11.7 Å². The highest BCUT2D eigenvalue weighted by atomic mass is 32.2. The minimum atomic E-state index is -3.72. The number of nitrogens with one attached hydrogen (secondary N) is 2. The molecular weight excluding hydrogens is 314 g/mol. The molecule has 3 aromatic rings. The molecule has 7 nitrogen and oxygen atoms in total. The van der Waals surface area contributed by atoms with Gasteiger partial charge in [-0.05, 0) is 17.0 Å². The highest BCUT2D eigenvalue weighted by Gasteiger charge is 2.23. The van der Waals surface area contributed by atoms with E-state index in [0.29, 0.717) is 5.82 Å². The molecule has 0 aliphatic carbocycles. The second kappa shape index (κ2) is 5.09. The first kappa shape index (κ1) is 15.5. The number of para-hydroxylation sites is 1. The zero-order valence-corrected chi connectivity index (χ0v) is 14.3. The fourth-order valence-electron chi connectivity index (χ4n) is 2.59. The van der Waals surface area contributed by atoms with Crippen molar-refractivity contribution in [2.24, 2.45) is 7.05 Å². The van der Waals surface area contributed by atoms with Crippen LogP contribution in [0.25, 0.3) is 10.9 Å². The van der Waals surface area contributed by atoms with E-state index in [1.165, 1.54) is 12.4 Å². The lowest BCUT2D eigenvalue weighted by Gasteiger charge is -2.20. The van der Waals surface area contributed by atoms with Crippen molar-refractivity contribution >= 4 is 26.7 Å². The zero-order valence-electron chi connectivity index (χ0n) is 13.5. The highest BCUT2D eigenvalue weighted by molar-refractivity contribution is 7.92. The number of rotatable bonds is 3. The number of aryl methyl sites for hydroxylation is 1. The van der Waals surface area contributed by atoms with Gasteiger partial charge in [0, 0.05) is 18.6 Å². The lowest BCUT2D eigenvalue weighted by atomic mass is 9.86. The summed E-state index contributed by atoms with van der Waals surface area (Å²) in [6.07, 6.45) is 2.59. The Labute approximate surface area is 134 Å². The van der Waals surface area contributed by atoms with Crippen LogP contribution in [0.4, 0.5) is 5.82 Å². The molecule has 8 heteroatoms. The molecule has 0 aliphatic heterocycles. The normalized spacial score (nSPS) is 12.7. The van der Waals surface area contributed by atoms with E-state index in [4.69, 9.17) is 0 Å². The summed E-state index contributed by atoms with van der Waals surface area (Å²) in [4.78, 5) is 0.0725. The molecule has 2 aromatic heterocycles. The fourth-order valence-corrected chi connectivity index (χ4v) is 3.51. The number of anilines is 1. The van der Waals surface area contributed by atoms with Crippen molar-refractivity contribution in [2.45, 2.75) is 31.1 Å². The molecule has 23 heavy (non-hydrogen) atoms. The first-order valence-corrected chi connectivity index (χ1v) is 8.66. The topological polar surface area (TPSA) is 92.7 Å². The van der Waals surface area contributed by atoms with Crippen LogP contribution in [0.5, 0.6) is 0 Å². The SMILES string of the molecule is Cn1nc(NS(=O)(=O)c2cn[nH]c2)c2cccc(C(C)(C)C)c21. The molecule has 3 rings (SSSR count). The number of hydrogen-bond donors (Lipinski definition) is 2. The molecule has 2 N–H and O–H groups in total. The van der Waals surface area contributed by atoms with Crippen LogP contribution in [-0.4, -0.2) is 28.4 Å². The van der Waals surface area contributed by atoms with E-state index in [2.05, 4.69) is 40.8 Å². The number of fused-ring (bicyclic) bond motifs is 1. The fraction of sp³-hybridized carbons (Fsp3) is 0.333. The summed E-state index contributed by atoms with van der Waals surface area (Å²) >= 11 is 0. The number of sulfonamides is 1. The van der Waals surface area contributed by atoms with Gasteiger partial charge in [-0.25, -0.2) is 8.42 Å². The van der Waals surface area contributed by atoms with Gasteiger partial charge in [0.2, 0.25) is 0 Å². The molecule has 0 radical (unpaired) electrons. The van der Waals surface area contributed by atoms with Gasteiger partial charge in [0.25, 0.3) is 10.0 Å². The van der Waals surface area contributed by atoms with E-state index in [1.807, 2.05) is 25.2 Å². The van der Waals surface area contributed by atoms with E-state index in [-0.39, 0.29) is 10.3 Å². The minimum absolute atomic E-state index is 0.0725. The summed E-state index contributed by atoms with van der Waals surface area (Å²) < 4.78 is 29.0. The maximum Gasteiger partial charge on any atom is 0.266 e. The Balaban J connectivity index is 2.14. The van der Waals surface area contributed by atoms with Crippen molar-refractivity contribution in [2.75, 3.05) is 4.72 Å². The van der Waals surface area contributed by atoms with Crippen LogP contribution in [0.2, 0.25) is 0 Å². The van der Waals surface area contributed by atoms with Crippen molar-refractivity contribution in [1.82, 2.24) is 20.0 Å². The maximum absolute atomic E-state index is 12.4. The Morgan fingerprint density at radius 3 is 2.61 bits per heavy atom. The molecule has 0 saturated heterocycles. The van der Waals surface area contributed by atoms with Gasteiger partial charge in [-0.1, -0.05) is 32.9 Å². The van der Waals surface area contributed by atoms with Crippen molar-refractivity contribution in [3.63, 3.8) is 0 Å². The monoisotopic (exact) mass is 333 g/mol. The Morgan fingerprint density at radius 1 is 1.26 bits per heavy atom.